The normalized spacial score (nSPS) is 18.2. The highest BCUT2D eigenvalue weighted by Gasteiger charge is 2.46. The molecule has 0 unspecified atom stereocenters. The van der Waals surface area contributed by atoms with Gasteiger partial charge in [0.2, 0.25) is 5.91 Å². The standard InChI is InChI=1S/C36H38N4O4.C21H29N3O5.C20H20N2O2/c1-39-21-20-36(23-39,35(44)37-28-16-12-24(13-17-28)14-19-31(41)42)38-34(43)27-15-18-29-30(22-27)40(2)33(26-10-4-3-5-11-26)32(29)25-8-6-7-9-25;1-5-28-17(25)11-8-15-6-9-16(10-7-15)23-18(26)21(22)12-13-24(14-21)19(27)29-20(2,3)4;1-22-17-12-14(20(23)24)9-10-15(17)18(13-6-2-3-7-13)19(22)16-8-4-5-11-21-16/h3-5,10-19,22,25H,6-9,20-21,23H2,1-2H3,(H,37,44)(H,38,43)(H,41,42);6-11H,5,12-14,22H2,1-4H3,(H,23,26);4-5,8-13H,2-3,6-7H2,1H3,(H,23,24)/b19-14+;11-8+;/t36-;21-;/m00./s1. The molecule has 2 saturated carbocycles. The number of likely N-dealkylation sites (N-methyl/N-ethyl adjacent to an activating group) is 1. The van der Waals surface area contributed by atoms with Gasteiger partial charge in [0.15, 0.2) is 0 Å². The summed E-state index contributed by atoms with van der Waals surface area (Å²) in [6.07, 6.45) is 17.4. The maximum absolute atomic E-state index is 13.8. The molecule has 0 spiro atoms. The zero-order chi connectivity index (χ0) is 69.2. The first kappa shape index (κ1) is 69.6. The van der Waals surface area contributed by atoms with Crippen LogP contribution in [0.15, 0.2) is 152 Å². The van der Waals surface area contributed by atoms with Gasteiger partial charge in [0.05, 0.1) is 35.8 Å². The average molecular weight is 1310 g/mol. The van der Waals surface area contributed by atoms with E-state index in [9.17, 15) is 38.7 Å². The number of aromatic carboxylic acids is 1. The number of carboxylic acids is 2. The van der Waals surface area contributed by atoms with Crippen LogP contribution in [0.4, 0.5) is 16.2 Å². The number of amides is 4. The smallest absolute Gasteiger partial charge is 0.410 e. The molecular formula is C77H87N9O11. The van der Waals surface area contributed by atoms with Crippen LogP contribution in [0.3, 0.4) is 0 Å². The second-order valence-electron chi connectivity index (χ2n) is 26.7. The van der Waals surface area contributed by atoms with Gasteiger partial charge in [-0.05, 0) is 186 Å². The van der Waals surface area contributed by atoms with Crippen molar-refractivity contribution in [3.63, 3.8) is 0 Å². The first-order valence-corrected chi connectivity index (χ1v) is 33.2. The van der Waals surface area contributed by atoms with E-state index in [1.54, 1.807) is 94.4 Å². The van der Waals surface area contributed by atoms with Crippen LogP contribution < -0.4 is 21.7 Å². The van der Waals surface area contributed by atoms with Gasteiger partial charge in [0.25, 0.3) is 11.8 Å². The Morgan fingerprint density at radius 2 is 1.19 bits per heavy atom. The number of aliphatic carboxylic acids is 1. The number of likely N-dealkylation sites (tertiary alicyclic amines) is 2. The van der Waals surface area contributed by atoms with E-state index in [4.69, 9.17) is 20.3 Å². The van der Waals surface area contributed by atoms with E-state index in [0.717, 1.165) is 39.4 Å². The van der Waals surface area contributed by atoms with E-state index >= 15 is 0 Å². The number of hydrogen-bond donors (Lipinski definition) is 6. The number of aromatic nitrogens is 3. The summed E-state index contributed by atoms with van der Waals surface area (Å²) < 4.78 is 14.5. The summed E-state index contributed by atoms with van der Waals surface area (Å²) in [5.41, 5.74) is 16.0. The van der Waals surface area contributed by atoms with E-state index in [1.165, 1.54) is 96.2 Å². The Balaban J connectivity index is 0.000000167. The lowest BCUT2D eigenvalue weighted by molar-refractivity contribution is -0.137. The van der Waals surface area contributed by atoms with Crippen molar-refractivity contribution in [3.05, 3.63) is 185 Å². The third-order valence-electron chi connectivity index (χ3n) is 18.6. The third kappa shape index (κ3) is 16.6. The molecule has 506 valence electrons. The van der Waals surface area contributed by atoms with Gasteiger partial charge in [-0.1, -0.05) is 98.5 Å². The van der Waals surface area contributed by atoms with Gasteiger partial charge in [-0.15, -0.1) is 0 Å². The molecule has 12 rings (SSSR count). The molecule has 97 heavy (non-hydrogen) atoms. The molecule has 20 nitrogen and oxygen atoms in total. The fraction of sp³-hybridized carbons (Fsp3) is 0.351. The van der Waals surface area contributed by atoms with Crippen LogP contribution in [-0.2, 0) is 42.7 Å². The Bertz CT molecular complexity index is 4260. The number of hydrogen-bond acceptors (Lipinski definition) is 12. The summed E-state index contributed by atoms with van der Waals surface area (Å²) in [6, 6.07) is 41.7. The van der Waals surface area contributed by atoms with Crippen LogP contribution in [0, 0.1) is 0 Å². The van der Waals surface area contributed by atoms with Gasteiger partial charge in [-0.2, -0.15) is 0 Å². The van der Waals surface area contributed by atoms with Gasteiger partial charge in [0, 0.05) is 90.8 Å². The Morgan fingerprint density at radius 1 is 0.639 bits per heavy atom. The molecule has 20 heteroatoms. The molecule has 4 fully saturated rings. The lowest BCUT2D eigenvalue weighted by Crippen LogP contribution is -2.58. The van der Waals surface area contributed by atoms with Crippen molar-refractivity contribution in [1.82, 2.24) is 29.2 Å². The van der Waals surface area contributed by atoms with E-state index < -0.39 is 40.7 Å². The molecule has 5 aromatic carbocycles. The van der Waals surface area contributed by atoms with Crippen LogP contribution in [-0.4, -0.2) is 132 Å². The van der Waals surface area contributed by atoms with Gasteiger partial charge < -0.3 is 60.3 Å². The van der Waals surface area contributed by atoms with Gasteiger partial charge in [0.1, 0.15) is 16.7 Å². The topological polar surface area (TPSA) is 270 Å². The van der Waals surface area contributed by atoms with Crippen molar-refractivity contribution in [2.24, 2.45) is 19.8 Å². The third-order valence-corrected chi connectivity index (χ3v) is 18.6. The van der Waals surface area contributed by atoms with Crippen molar-refractivity contribution in [1.29, 1.82) is 0 Å². The van der Waals surface area contributed by atoms with Crippen molar-refractivity contribution in [2.45, 2.75) is 120 Å². The number of pyridine rings is 1. The summed E-state index contributed by atoms with van der Waals surface area (Å²) in [5, 5.41) is 29.4. The number of aryl methyl sites for hydroxylation is 2. The van der Waals surface area contributed by atoms with Crippen molar-refractivity contribution in [3.8, 4) is 22.6 Å². The summed E-state index contributed by atoms with van der Waals surface area (Å²) >= 11 is 0. The largest absolute Gasteiger partial charge is 0.478 e. The van der Waals surface area contributed by atoms with Crippen molar-refractivity contribution < 1.29 is 53.2 Å². The molecule has 4 aliphatic rings. The molecule has 2 aliphatic carbocycles. The number of fused-ring (bicyclic) bond motifs is 2. The van der Waals surface area contributed by atoms with Crippen LogP contribution in [0.2, 0.25) is 0 Å². The number of carbonyl (C=O) groups is 7. The van der Waals surface area contributed by atoms with E-state index in [0.29, 0.717) is 79.0 Å². The quantitative estimate of drug-likeness (QED) is 0.0388. The fourth-order valence-electron chi connectivity index (χ4n) is 13.7. The molecular weight excluding hydrogens is 1230 g/mol. The van der Waals surface area contributed by atoms with Crippen LogP contribution >= 0.6 is 0 Å². The lowest BCUT2D eigenvalue weighted by Gasteiger charge is -2.29. The molecule has 0 radical (unpaired) electrons. The summed E-state index contributed by atoms with van der Waals surface area (Å²) in [4.78, 5) is 94.0. The maximum Gasteiger partial charge on any atom is 0.410 e. The summed E-state index contributed by atoms with van der Waals surface area (Å²) in [6.45, 7) is 8.93. The second kappa shape index (κ2) is 30.3. The molecule has 4 amide bonds. The Morgan fingerprint density at radius 3 is 1.72 bits per heavy atom. The molecule has 8 aromatic rings. The Hall–Kier alpha value is -10.2. The highest BCUT2D eigenvalue weighted by atomic mass is 16.6. The SMILES string of the molecule is CCOC(=O)/C=C/c1ccc(NC(=O)[C@]2(N)CCN(C(=O)OC(C)(C)C)C2)cc1.CN1CC[C@@](NC(=O)c2ccc3c(C4CCCC4)c(-c4ccccc4)n(C)c3c2)(C(=O)Nc2ccc(/C=C/C(=O)O)cc2)C1.Cn1c(-c2ccccn2)c(C2CCCC2)c2ccc(C(=O)O)cc21. The van der Waals surface area contributed by atoms with Gasteiger partial charge in [-0.3, -0.25) is 19.4 Å². The number of nitrogens with two attached hydrogens (primary N) is 1. The summed E-state index contributed by atoms with van der Waals surface area (Å²) in [5.74, 6) is -2.22. The molecule has 2 atom stereocenters. The van der Waals surface area contributed by atoms with E-state index in [2.05, 4.69) is 67.4 Å². The van der Waals surface area contributed by atoms with Crippen molar-refractivity contribution in [2.75, 3.05) is 50.5 Å². The Kier molecular flexibility index (Phi) is 21.7. The lowest BCUT2D eigenvalue weighted by atomic mass is 9.91. The number of nitrogens with one attached hydrogen (secondary N) is 3. The monoisotopic (exact) mass is 1310 g/mol. The minimum Gasteiger partial charge on any atom is -0.478 e. The van der Waals surface area contributed by atoms with E-state index in [1.807, 2.05) is 67.7 Å². The average Bonchev–Trinajstić information content (AvgIpc) is 1.60. The molecule has 7 N–H and O–H groups in total. The van der Waals surface area contributed by atoms with Crippen LogP contribution in [0.1, 0.15) is 147 Å². The fourth-order valence-corrected chi connectivity index (χ4v) is 13.7. The number of carbonyl (C=O) groups excluding carboxylic acids is 5. The van der Waals surface area contributed by atoms with Gasteiger partial charge in [-0.25, -0.2) is 19.2 Å². The highest BCUT2D eigenvalue weighted by molar-refractivity contribution is 6.06. The number of esters is 1. The number of anilines is 2. The number of nitrogens with zero attached hydrogens (tertiary/aromatic N) is 5. The van der Waals surface area contributed by atoms with Crippen LogP contribution in [0.25, 0.3) is 56.6 Å². The van der Waals surface area contributed by atoms with Gasteiger partial charge >= 0.3 is 24.0 Å². The minimum atomic E-state index is -1.18. The zero-order valence-electron chi connectivity index (χ0n) is 56.2. The number of carboxylic acid groups (broad SMARTS) is 2. The molecule has 5 heterocycles. The Labute approximate surface area is 565 Å². The second-order valence-corrected chi connectivity index (χ2v) is 26.7. The highest BCUT2D eigenvalue weighted by Crippen LogP contribution is 2.46. The predicted molar refractivity (Wildman–Crippen MR) is 378 cm³/mol. The molecule has 3 aromatic heterocycles. The zero-order valence-corrected chi connectivity index (χ0v) is 56.2. The summed E-state index contributed by atoms with van der Waals surface area (Å²) in [7, 11) is 6.03. The van der Waals surface area contributed by atoms with Crippen molar-refractivity contribution >= 4 is 87.1 Å². The number of ether oxygens (including phenoxy) is 2. The van der Waals surface area contributed by atoms with E-state index in [-0.39, 0.29) is 24.3 Å². The van der Waals surface area contributed by atoms with Crippen LogP contribution in [0.5, 0.6) is 0 Å². The molecule has 2 aliphatic heterocycles. The first-order valence-electron chi connectivity index (χ1n) is 33.2. The molecule has 0 bridgehead atoms. The maximum atomic E-state index is 13.8. The first-order chi connectivity index (χ1) is 46.4. The predicted octanol–water partition coefficient (Wildman–Crippen LogP) is 13.2. The minimum absolute atomic E-state index is 0.0914. The number of rotatable bonds is 16. The number of benzene rings is 5. The molecule has 2 saturated heterocycles.